The highest BCUT2D eigenvalue weighted by Gasteiger charge is 2.26. The van der Waals surface area contributed by atoms with Crippen LogP contribution in [0.2, 0.25) is 5.15 Å². The molecule has 1 aromatic rings. The standard InChI is InChI=1S/C12H20ClN5S/c1-4-14-10-8-17(2)5-6-18(10)12-15-7-9(19-3)11(13)16-12/h7,10,14H,4-6,8H2,1-3H3. The van der Waals surface area contributed by atoms with Gasteiger partial charge in [0.2, 0.25) is 5.95 Å². The van der Waals surface area contributed by atoms with E-state index in [1.54, 1.807) is 18.0 Å². The highest BCUT2D eigenvalue weighted by Crippen LogP contribution is 2.25. The Bertz CT molecular complexity index is 431. The summed E-state index contributed by atoms with van der Waals surface area (Å²) >= 11 is 7.74. The molecule has 1 saturated heterocycles. The SMILES string of the molecule is CCNC1CN(C)CCN1c1ncc(SC)c(Cl)n1. The molecule has 0 spiro atoms. The van der Waals surface area contributed by atoms with E-state index in [0.29, 0.717) is 11.1 Å². The van der Waals surface area contributed by atoms with Gasteiger partial charge < -0.3 is 9.80 Å². The highest BCUT2D eigenvalue weighted by molar-refractivity contribution is 7.98. The van der Waals surface area contributed by atoms with Crippen molar-refractivity contribution in [3.05, 3.63) is 11.3 Å². The predicted molar refractivity (Wildman–Crippen MR) is 81.1 cm³/mol. The monoisotopic (exact) mass is 301 g/mol. The van der Waals surface area contributed by atoms with Gasteiger partial charge in [0.15, 0.2) is 0 Å². The molecule has 0 amide bonds. The van der Waals surface area contributed by atoms with Gasteiger partial charge in [0.25, 0.3) is 0 Å². The quantitative estimate of drug-likeness (QED) is 0.672. The molecule has 0 bridgehead atoms. The molecule has 2 rings (SSSR count). The zero-order chi connectivity index (χ0) is 13.8. The van der Waals surface area contributed by atoms with Crippen LogP contribution in [0.3, 0.4) is 0 Å². The number of piperazine rings is 1. The van der Waals surface area contributed by atoms with Crippen LogP contribution in [0.5, 0.6) is 0 Å². The average molecular weight is 302 g/mol. The first-order valence-electron chi connectivity index (χ1n) is 6.40. The van der Waals surface area contributed by atoms with E-state index in [2.05, 4.69) is 39.1 Å². The number of aromatic nitrogens is 2. The molecule has 7 heteroatoms. The van der Waals surface area contributed by atoms with Crippen LogP contribution >= 0.6 is 23.4 Å². The third-order valence-electron chi connectivity index (χ3n) is 3.20. The van der Waals surface area contributed by atoms with Crippen LogP contribution in [-0.4, -0.2) is 60.5 Å². The molecule has 1 N–H and O–H groups in total. The summed E-state index contributed by atoms with van der Waals surface area (Å²) in [7, 11) is 2.13. The molecule has 1 atom stereocenters. The van der Waals surface area contributed by atoms with Crippen molar-refractivity contribution in [3.63, 3.8) is 0 Å². The lowest BCUT2D eigenvalue weighted by atomic mass is 10.3. The van der Waals surface area contributed by atoms with Crippen LogP contribution in [0.1, 0.15) is 6.92 Å². The Morgan fingerprint density at radius 2 is 2.32 bits per heavy atom. The predicted octanol–water partition coefficient (Wildman–Crippen LogP) is 1.54. The summed E-state index contributed by atoms with van der Waals surface area (Å²) < 4.78 is 0. The Morgan fingerprint density at radius 1 is 1.53 bits per heavy atom. The second kappa shape index (κ2) is 6.74. The van der Waals surface area contributed by atoms with Crippen LogP contribution in [0.25, 0.3) is 0 Å². The van der Waals surface area contributed by atoms with E-state index in [9.17, 15) is 0 Å². The summed E-state index contributed by atoms with van der Waals surface area (Å²) in [5, 5.41) is 4.00. The largest absolute Gasteiger partial charge is 0.323 e. The number of rotatable bonds is 4. The molecular weight excluding hydrogens is 282 g/mol. The smallest absolute Gasteiger partial charge is 0.228 e. The third-order valence-corrected chi connectivity index (χ3v) is 4.34. The minimum atomic E-state index is 0.236. The van der Waals surface area contributed by atoms with Gasteiger partial charge >= 0.3 is 0 Å². The summed E-state index contributed by atoms with van der Waals surface area (Å²) in [6.07, 6.45) is 4.01. The van der Waals surface area contributed by atoms with E-state index in [4.69, 9.17) is 11.6 Å². The van der Waals surface area contributed by atoms with Gasteiger partial charge in [0.1, 0.15) is 5.15 Å². The van der Waals surface area contributed by atoms with Crippen LogP contribution in [0.15, 0.2) is 11.1 Å². The number of likely N-dealkylation sites (N-methyl/N-ethyl adjacent to an activating group) is 2. The second-order valence-corrected chi connectivity index (χ2v) is 5.76. The average Bonchev–Trinajstić information content (AvgIpc) is 2.39. The molecule has 0 saturated carbocycles. The molecule has 5 nitrogen and oxygen atoms in total. The Morgan fingerprint density at radius 3 is 2.95 bits per heavy atom. The van der Waals surface area contributed by atoms with Gasteiger partial charge in [-0.3, -0.25) is 5.32 Å². The molecule has 1 unspecified atom stereocenters. The van der Waals surface area contributed by atoms with Crippen molar-refractivity contribution in [1.29, 1.82) is 0 Å². The lowest BCUT2D eigenvalue weighted by Crippen LogP contribution is -2.58. The van der Waals surface area contributed by atoms with Crippen molar-refractivity contribution in [2.24, 2.45) is 0 Å². The fraction of sp³-hybridized carbons (Fsp3) is 0.667. The van der Waals surface area contributed by atoms with E-state index < -0.39 is 0 Å². The van der Waals surface area contributed by atoms with Crippen molar-refractivity contribution < 1.29 is 0 Å². The van der Waals surface area contributed by atoms with E-state index in [0.717, 1.165) is 31.1 Å². The topological polar surface area (TPSA) is 44.3 Å². The minimum absolute atomic E-state index is 0.236. The lowest BCUT2D eigenvalue weighted by molar-refractivity contribution is 0.244. The van der Waals surface area contributed by atoms with E-state index in [1.165, 1.54) is 0 Å². The van der Waals surface area contributed by atoms with Gasteiger partial charge in [-0.25, -0.2) is 4.98 Å². The third kappa shape index (κ3) is 3.51. The molecule has 1 aliphatic rings. The van der Waals surface area contributed by atoms with Crippen LogP contribution in [0, 0.1) is 0 Å². The van der Waals surface area contributed by atoms with Crippen LogP contribution in [0.4, 0.5) is 5.95 Å². The van der Waals surface area contributed by atoms with Crippen molar-refractivity contribution in [3.8, 4) is 0 Å². The molecule has 0 radical (unpaired) electrons. The number of anilines is 1. The fourth-order valence-electron chi connectivity index (χ4n) is 2.19. The summed E-state index contributed by atoms with van der Waals surface area (Å²) in [6.45, 7) is 5.90. The lowest BCUT2D eigenvalue weighted by Gasteiger charge is -2.40. The van der Waals surface area contributed by atoms with Gasteiger partial charge in [-0.15, -0.1) is 11.8 Å². The Hall–Kier alpha value is -0.560. The number of hydrogen-bond donors (Lipinski definition) is 1. The molecule has 19 heavy (non-hydrogen) atoms. The Kier molecular flexibility index (Phi) is 5.27. The maximum Gasteiger partial charge on any atom is 0.228 e. The summed E-state index contributed by atoms with van der Waals surface area (Å²) in [4.78, 5) is 14.3. The number of hydrogen-bond acceptors (Lipinski definition) is 6. The Balaban J connectivity index is 2.20. The first-order valence-corrected chi connectivity index (χ1v) is 8.01. The van der Waals surface area contributed by atoms with Crippen molar-refractivity contribution >= 4 is 29.3 Å². The molecule has 2 heterocycles. The Labute approximate surface area is 123 Å². The van der Waals surface area contributed by atoms with Crippen molar-refractivity contribution in [1.82, 2.24) is 20.2 Å². The van der Waals surface area contributed by atoms with Gasteiger partial charge in [0.05, 0.1) is 11.1 Å². The van der Waals surface area contributed by atoms with Gasteiger partial charge in [0, 0.05) is 25.8 Å². The number of thioether (sulfide) groups is 1. The van der Waals surface area contributed by atoms with E-state index >= 15 is 0 Å². The first kappa shape index (κ1) is 14.8. The zero-order valence-electron chi connectivity index (χ0n) is 11.6. The number of nitrogens with zero attached hydrogens (tertiary/aromatic N) is 4. The maximum absolute atomic E-state index is 6.17. The summed E-state index contributed by atoms with van der Waals surface area (Å²) in [5.74, 6) is 0.710. The highest BCUT2D eigenvalue weighted by atomic mass is 35.5. The molecule has 1 aromatic heterocycles. The summed E-state index contributed by atoms with van der Waals surface area (Å²) in [6, 6.07) is 0. The van der Waals surface area contributed by atoms with Gasteiger partial charge in [-0.05, 0) is 19.8 Å². The molecule has 0 aliphatic carbocycles. The molecule has 1 aliphatic heterocycles. The van der Waals surface area contributed by atoms with Gasteiger partial charge in [-0.1, -0.05) is 18.5 Å². The van der Waals surface area contributed by atoms with Crippen molar-refractivity contribution in [2.45, 2.75) is 18.0 Å². The maximum atomic E-state index is 6.17. The van der Waals surface area contributed by atoms with Crippen LogP contribution in [-0.2, 0) is 0 Å². The number of nitrogens with one attached hydrogen (secondary N) is 1. The fourth-order valence-corrected chi connectivity index (χ4v) is 2.91. The van der Waals surface area contributed by atoms with E-state index in [1.807, 2.05) is 6.26 Å². The molecule has 106 valence electrons. The second-order valence-electron chi connectivity index (χ2n) is 4.56. The first-order chi connectivity index (χ1) is 9.15. The number of halogens is 1. The van der Waals surface area contributed by atoms with Crippen LogP contribution < -0.4 is 10.2 Å². The zero-order valence-corrected chi connectivity index (χ0v) is 13.1. The minimum Gasteiger partial charge on any atom is -0.323 e. The van der Waals surface area contributed by atoms with Gasteiger partial charge in [-0.2, -0.15) is 4.98 Å². The normalized spacial score (nSPS) is 20.8. The summed E-state index contributed by atoms with van der Waals surface area (Å²) in [5.41, 5.74) is 0. The molecule has 0 aromatic carbocycles. The van der Waals surface area contributed by atoms with E-state index in [-0.39, 0.29) is 6.17 Å². The van der Waals surface area contributed by atoms with Crippen molar-refractivity contribution in [2.75, 3.05) is 44.4 Å². The molecule has 1 fully saturated rings. The molecular formula is C12H20ClN5S.